The van der Waals surface area contributed by atoms with Crippen molar-refractivity contribution >= 4 is 5.69 Å². The molecule has 0 aromatic heterocycles. The summed E-state index contributed by atoms with van der Waals surface area (Å²) in [6, 6.07) is 4.62. The molecular formula is C26H39N. The van der Waals surface area contributed by atoms with Crippen LogP contribution >= 0.6 is 0 Å². The molecule has 0 bridgehead atoms. The van der Waals surface area contributed by atoms with Gasteiger partial charge in [0.25, 0.3) is 0 Å². The lowest BCUT2D eigenvalue weighted by Crippen LogP contribution is -2.08. The van der Waals surface area contributed by atoms with E-state index in [1.165, 1.54) is 28.0 Å². The van der Waals surface area contributed by atoms with Gasteiger partial charge in [-0.05, 0) is 68.1 Å². The number of benzene rings is 1. The maximum absolute atomic E-state index is 4.14. The Bertz CT molecular complexity index is 692. The molecule has 0 saturated heterocycles. The van der Waals surface area contributed by atoms with E-state index in [2.05, 4.69) is 90.4 Å². The van der Waals surface area contributed by atoms with Gasteiger partial charge < -0.3 is 5.32 Å². The highest BCUT2D eigenvalue weighted by Crippen LogP contribution is 2.25. The third-order valence-corrected chi connectivity index (χ3v) is 4.89. The van der Waals surface area contributed by atoms with E-state index in [-0.39, 0.29) is 5.41 Å². The maximum Gasteiger partial charge on any atom is 0.0405 e. The van der Waals surface area contributed by atoms with Crippen LogP contribution in [0.2, 0.25) is 0 Å². The number of anilines is 1. The highest BCUT2D eigenvalue weighted by molar-refractivity contribution is 5.59. The lowest BCUT2D eigenvalue weighted by molar-refractivity contribution is 0.520. The lowest BCUT2D eigenvalue weighted by atomic mass is 9.86. The molecule has 27 heavy (non-hydrogen) atoms. The van der Waals surface area contributed by atoms with Crippen LogP contribution in [0.25, 0.3) is 0 Å². The van der Waals surface area contributed by atoms with Crippen LogP contribution in [-0.4, -0.2) is 6.54 Å². The Kier molecular flexibility index (Phi) is 9.44. The summed E-state index contributed by atoms with van der Waals surface area (Å²) in [5.41, 5.74) is 7.91. The largest absolute Gasteiger partial charge is 0.385 e. The first kappa shape index (κ1) is 23.1. The molecule has 0 aliphatic carbocycles. The molecule has 1 heteroatoms. The van der Waals surface area contributed by atoms with E-state index in [1.807, 2.05) is 0 Å². The van der Waals surface area contributed by atoms with Crippen LogP contribution in [0.5, 0.6) is 0 Å². The van der Waals surface area contributed by atoms with Gasteiger partial charge in [0.2, 0.25) is 0 Å². The fraction of sp³-hybridized carbons (Fsp3) is 0.538. The van der Waals surface area contributed by atoms with Crippen LogP contribution in [0, 0.1) is 24.2 Å². The van der Waals surface area contributed by atoms with Crippen molar-refractivity contribution in [2.75, 3.05) is 11.9 Å². The highest BCUT2D eigenvalue weighted by Gasteiger charge is 2.13. The summed E-state index contributed by atoms with van der Waals surface area (Å²) >= 11 is 0. The minimum Gasteiger partial charge on any atom is -0.385 e. The number of allylic oxidation sites excluding steroid dienone is 3. The summed E-state index contributed by atoms with van der Waals surface area (Å²) in [6.45, 7) is 20.5. The van der Waals surface area contributed by atoms with Crippen molar-refractivity contribution < 1.29 is 0 Å². The molecule has 0 spiro atoms. The predicted octanol–water partition coefficient (Wildman–Crippen LogP) is 7.25. The van der Waals surface area contributed by atoms with Gasteiger partial charge in [0, 0.05) is 17.8 Å². The molecule has 1 N–H and O–H groups in total. The van der Waals surface area contributed by atoms with Crippen molar-refractivity contribution in [3.63, 3.8) is 0 Å². The van der Waals surface area contributed by atoms with Crippen LogP contribution in [0.3, 0.4) is 0 Å². The molecule has 0 heterocycles. The van der Waals surface area contributed by atoms with E-state index >= 15 is 0 Å². The zero-order valence-electron chi connectivity index (χ0n) is 18.7. The molecule has 1 aromatic rings. The minimum absolute atomic E-state index is 0.105. The van der Waals surface area contributed by atoms with E-state index in [9.17, 15) is 0 Å². The highest BCUT2D eigenvalue weighted by atomic mass is 14.9. The monoisotopic (exact) mass is 365 g/mol. The molecule has 148 valence electrons. The fourth-order valence-corrected chi connectivity index (χ4v) is 3.31. The van der Waals surface area contributed by atoms with E-state index in [1.54, 1.807) is 0 Å². The Hall–Kier alpha value is -1.94. The second-order valence-electron chi connectivity index (χ2n) is 8.36. The van der Waals surface area contributed by atoms with Crippen LogP contribution in [0.4, 0.5) is 5.69 Å². The summed E-state index contributed by atoms with van der Waals surface area (Å²) in [7, 11) is 0. The fourth-order valence-electron chi connectivity index (χ4n) is 3.31. The van der Waals surface area contributed by atoms with Crippen LogP contribution in [-0.2, 0) is 12.8 Å². The van der Waals surface area contributed by atoms with E-state index in [0.29, 0.717) is 0 Å². The van der Waals surface area contributed by atoms with Crippen molar-refractivity contribution in [2.45, 2.75) is 80.6 Å². The molecule has 0 atom stereocenters. The first-order chi connectivity index (χ1) is 12.7. The predicted molar refractivity (Wildman–Crippen MR) is 122 cm³/mol. The minimum atomic E-state index is 0.105. The average molecular weight is 366 g/mol. The topological polar surface area (TPSA) is 12.0 Å². The van der Waals surface area contributed by atoms with E-state index in [4.69, 9.17) is 0 Å². The van der Waals surface area contributed by atoms with Gasteiger partial charge in [0.15, 0.2) is 0 Å². The average Bonchev–Trinajstić information content (AvgIpc) is 2.61. The van der Waals surface area contributed by atoms with Crippen molar-refractivity contribution in [1.29, 1.82) is 0 Å². The number of rotatable bonds is 8. The van der Waals surface area contributed by atoms with Gasteiger partial charge in [0.1, 0.15) is 0 Å². The Morgan fingerprint density at radius 1 is 1.07 bits per heavy atom. The Morgan fingerprint density at radius 3 is 2.15 bits per heavy atom. The number of hydrogen-bond donors (Lipinski definition) is 1. The first-order valence-corrected chi connectivity index (χ1v) is 10.5. The molecule has 1 aromatic carbocycles. The molecular weight excluding hydrogens is 326 g/mol. The lowest BCUT2D eigenvalue weighted by Gasteiger charge is -2.17. The van der Waals surface area contributed by atoms with Crippen LogP contribution < -0.4 is 5.32 Å². The van der Waals surface area contributed by atoms with Gasteiger partial charge in [-0.15, -0.1) is 0 Å². The maximum atomic E-state index is 4.14. The Morgan fingerprint density at radius 2 is 1.67 bits per heavy atom. The van der Waals surface area contributed by atoms with Gasteiger partial charge in [-0.1, -0.05) is 76.8 Å². The van der Waals surface area contributed by atoms with Crippen LogP contribution in [0.1, 0.15) is 77.5 Å². The molecule has 0 aliphatic rings. The number of hydrogen-bond acceptors (Lipinski definition) is 1. The van der Waals surface area contributed by atoms with Gasteiger partial charge in [-0.3, -0.25) is 0 Å². The van der Waals surface area contributed by atoms with E-state index in [0.717, 1.165) is 44.2 Å². The van der Waals surface area contributed by atoms with Gasteiger partial charge in [0.05, 0.1) is 0 Å². The molecule has 0 unspecified atom stereocenters. The molecule has 0 radical (unpaired) electrons. The second-order valence-corrected chi connectivity index (χ2v) is 8.36. The first-order valence-electron chi connectivity index (χ1n) is 10.5. The standard InChI is InChI=1S/C26H39N/c1-9-22-18-21(5)19-23(10-2)25(22)27-17-13-12-14-20(4)15-16-24(11-3)26(6,7)8/h11,18-19,27H,4,9-10,12-14,17H2,1-3,5-8H3/b24-11+. The van der Waals surface area contributed by atoms with Crippen molar-refractivity contribution in [3.05, 3.63) is 52.6 Å². The third-order valence-electron chi connectivity index (χ3n) is 4.89. The third kappa shape index (κ3) is 7.67. The molecule has 0 saturated carbocycles. The number of aryl methyl sites for hydroxylation is 3. The second kappa shape index (κ2) is 11.0. The SMILES string of the molecule is C=C(C#C/C(=C\C)C(C)(C)C)CCCCNc1c(CC)cc(C)cc1CC. The van der Waals surface area contributed by atoms with Gasteiger partial charge in [-0.25, -0.2) is 0 Å². The molecule has 0 fully saturated rings. The van der Waals surface area contributed by atoms with Gasteiger partial charge >= 0.3 is 0 Å². The quantitative estimate of drug-likeness (QED) is 0.378. The zero-order valence-corrected chi connectivity index (χ0v) is 18.7. The van der Waals surface area contributed by atoms with E-state index < -0.39 is 0 Å². The molecule has 1 nitrogen and oxygen atoms in total. The van der Waals surface area contributed by atoms with Crippen molar-refractivity contribution in [3.8, 4) is 11.8 Å². The molecule has 0 amide bonds. The summed E-state index contributed by atoms with van der Waals surface area (Å²) in [5.74, 6) is 6.57. The summed E-state index contributed by atoms with van der Waals surface area (Å²) in [5, 5.41) is 3.69. The Labute approximate surface area is 168 Å². The summed E-state index contributed by atoms with van der Waals surface area (Å²) in [6.07, 6.45) is 7.49. The number of nitrogens with one attached hydrogen (secondary N) is 1. The van der Waals surface area contributed by atoms with Crippen LogP contribution in [0.15, 0.2) is 35.9 Å². The Balaban J connectivity index is 2.52. The van der Waals surface area contributed by atoms with Crippen molar-refractivity contribution in [2.24, 2.45) is 5.41 Å². The summed E-state index contributed by atoms with van der Waals surface area (Å²) < 4.78 is 0. The van der Waals surface area contributed by atoms with Crippen molar-refractivity contribution in [1.82, 2.24) is 0 Å². The zero-order chi connectivity index (χ0) is 20.4. The normalized spacial score (nSPS) is 11.7. The summed E-state index contributed by atoms with van der Waals surface area (Å²) in [4.78, 5) is 0. The van der Waals surface area contributed by atoms with Gasteiger partial charge in [-0.2, -0.15) is 0 Å². The number of unbranched alkanes of at least 4 members (excludes halogenated alkanes) is 1. The molecule has 1 rings (SSSR count). The molecule has 0 aliphatic heterocycles. The smallest absolute Gasteiger partial charge is 0.0405 e.